The lowest BCUT2D eigenvalue weighted by Crippen LogP contribution is -2.02. The highest BCUT2D eigenvalue weighted by Gasteiger charge is 2.27. The van der Waals surface area contributed by atoms with E-state index in [1.165, 1.54) is 104 Å². The van der Waals surface area contributed by atoms with Crippen LogP contribution in [-0.4, -0.2) is 43.6 Å². The molecule has 0 aliphatic rings. The molecule has 0 radical (unpaired) electrons. The summed E-state index contributed by atoms with van der Waals surface area (Å²) < 4.78 is 15.1. The van der Waals surface area contributed by atoms with Gasteiger partial charge in [0.1, 0.15) is 0 Å². The molecule has 9 aromatic heterocycles. The van der Waals surface area contributed by atoms with E-state index in [-0.39, 0.29) is 0 Å². The average molecular weight is 1660 g/mol. The first kappa shape index (κ1) is 72.8. The van der Waals surface area contributed by atoms with E-state index in [9.17, 15) is 0 Å². The molecule has 0 aliphatic heterocycles. The maximum atomic E-state index is 5.43. The van der Waals surface area contributed by atoms with Gasteiger partial charge in [-0.1, -0.05) is 309 Å². The van der Waals surface area contributed by atoms with Gasteiger partial charge in [0.25, 0.3) is 0 Å². The Hall–Kier alpha value is -16.0. The SMILES string of the molecule is c1ccc(-c2cc(-c3ccccc3)nc(-c3cc(-c4nc(-c5ccccc5)cc(-c5ccccc5)n4)cc(-n4c5ccccc5c5ccc6sc7ccccc7c6c54)c3)n2)cc1.c1ccc(-c2cc(-c3ccccc3)nc(-c3cc(-n4c5ccccc5c5ccc6sc7ccccc7c6c54)cc(-n4c5ccccc5c5ccc6sc7ccccc7c6c54)c3)n2)cc1. The van der Waals surface area contributed by atoms with Crippen molar-refractivity contribution < 1.29 is 0 Å². The molecule has 17 aromatic carbocycles. The van der Waals surface area contributed by atoms with Crippen molar-refractivity contribution in [3.8, 4) is 119 Å². The summed E-state index contributed by atoms with van der Waals surface area (Å²) >= 11 is 5.55. The molecule has 26 aromatic rings. The highest BCUT2D eigenvalue weighted by Crippen LogP contribution is 2.49. The van der Waals surface area contributed by atoms with Crippen molar-refractivity contribution in [2.75, 3.05) is 0 Å². The molecule has 0 bridgehead atoms. The first-order valence-electron chi connectivity index (χ1n) is 42.3. The van der Waals surface area contributed by atoms with Crippen LogP contribution < -0.4 is 0 Å². The molecule has 588 valence electrons. The Morgan fingerprint density at radius 3 is 0.651 bits per heavy atom. The van der Waals surface area contributed by atoms with Crippen LogP contribution in [-0.2, 0) is 0 Å². The van der Waals surface area contributed by atoms with Crippen LogP contribution in [0.15, 0.2) is 419 Å². The van der Waals surface area contributed by atoms with Crippen LogP contribution in [0.2, 0.25) is 0 Å². The minimum atomic E-state index is 0.614. The molecule has 9 nitrogen and oxygen atoms in total. The minimum absolute atomic E-state index is 0.614. The van der Waals surface area contributed by atoms with E-state index in [1.807, 2.05) is 58.3 Å². The maximum absolute atomic E-state index is 5.43. The molecule has 12 heteroatoms. The Bertz CT molecular complexity index is 8310. The number of nitrogens with zero attached hydrogens (tertiary/aromatic N) is 9. The molecule has 0 fully saturated rings. The van der Waals surface area contributed by atoms with Crippen LogP contribution in [0.4, 0.5) is 0 Å². The lowest BCUT2D eigenvalue weighted by atomic mass is 10.0. The molecule has 0 spiro atoms. The third kappa shape index (κ3) is 12.3. The summed E-state index contributed by atoms with van der Waals surface area (Å²) in [5.74, 6) is 1.90. The standard InChI is InChI=1S/C58H34N4S2.C56H35N5S/c1-3-15-35(16-4-1)46-34-47(36-17-5-2-6-18-36)60-58(59-46)37-31-38(61-48-23-11-7-19-40(48)42-27-29-52-54(56(42)61)44-21-9-13-25-50(44)63-52)33-39(32-37)62-49-24-12-8-20-41(49)43-28-30-53-55(57(43)62)45-22-10-14-26-51(45)64-53;1-5-17-36(18-6-1)46-34-47(37-19-7-2-8-20-37)58-55(57-46)40-31-41(56-59-48(38-21-9-3-10-22-38)35-49(60-56)39-23-11-4-12-24-39)33-42(32-40)61-50-27-15-13-25-43(50)44-29-30-52-53(54(44)61)45-26-14-16-28-51(45)62-52/h1-34H;1-35H. The van der Waals surface area contributed by atoms with Gasteiger partial charge < -0.3 is 13.7 Å². The smallest absolute Gasteiger partial charge is 0.160 e. The Morgan fingerprint density at radius 2 is 0.381 bits per heavy atom. The minimum Gasteiger partial charge on any atom is -0.309 e. The van der Waals surface area contributed by atoms with E-state index in [0.29, 0.717) is 17.5 Å². The maximum Gasteiger partial charge on any atom is 0.160 e. The van der Waals surface area contributed by atoms with Gasteiger partial charge in [-0.15, -0.1) is 34.0 Å². The van der Waals surface area contributed by atoms with Crippen LogP contribution >= 0.6 is 34.0 Å². The van der Waals surface area contributed by atoms with Gasteiger partial charge in [-0.05, 0) is 109 Å². The van der Waals surface area contributed by atoms with Gasteiger partial charge in [0.05, 0.1) is 67.3 Å². The molecule has 0 N–H and O–H groups in total. The molecule has 0 unspecified atom stereocenters. The normalized spacial score (nSPS) is 11.8. The van der Waals surface area contributed by atoms with Gasteiger partial charge in [-0.3, -0.25) is 0 Å². The summed E-state index contributed by atoms with van der Waals surface area (Å²) in [5.41, 5.74) is 24.0. The predicted molar refractivity (Wildman–Crippen MR) is 530 cm³/mol. The molecule has 9 heterocycles. The molecule has 0 saturated heterocycles. The number of aromatic nitrogens is 9. The monoisotopic (exact) mass is 1660 g/mol. The Kier molecular flexibility index (Phi) is 17.3. The van der Waals surface area contributed by atoms with Gasteiger partial charge in [0, 0.05) is 160 Å². The molecule has 0 saturated carbocycles. The summed E-state index contributed by atoms with van der Waals surface area (Å²) in [5, 5.41) is 14.9. The average Bonchev–Trinajstić information content (AvgIpc) is 1.58. The summed E-state index contributed by atoms with van der Waals surface area (Å²) in [4.78, 5) is 32.2. The van der Waals surface area contributed by atoms with E-state index in [0.717, 1.165) is 123 Å². The number of benzene rings is 17. The van der Waals surface area contributed by atoms with Crippen molar-refractivity contribution >= 4 is 160 Å². The van der Waals surface area contributed by atoms with Crippen molar-refractivity contribution in [1.82, 2.24) is 43.6 Å². The van der Waals surface area contributed by atoms with Gasteiger partial charge in [0.2, 0.25) is 0 Å². The van der Waals surface area contributed by atoms with Crippen LogP contribution in [0.25, 0.3) is 245 Å². The fourth-order valence-corrected chi connectivity index (χ4v) is 22.2. The zero-order valence-corrected chi connectivity index (χ0v) is 70.0. The zero-order valence-electron chi connectivity index (χ0n) is 67.6. The summed E-state index contributed by atoms with van der Waals surface area (Å²) in [6.07, 6.45) is 0. The Morgan fingerprint density at radius 1 is 0.159 bits per heavy atom. The number of hydrogen-bond acceptors (Lipinski definition) is 9. The second-order valence-corrected chi connectivity index (χ2v) is 35.2. The largest absolute Gasteiger partial charge is 0.309 e. The molecular formula is C114H69N9S3. The topological polar surface area (TPSA) is 92.1 Å². The fourth-order valence-electron chi connectivity index (χ4n) is 18.9. The number of para-hydroxylation sites is 3. The lowest BCUT2D eigenvalue weighted by molar-refractivity contribution is 1.13. The number of rotatable bonds is 12. The van der Waals surface area contributed by atoms with E-state index in [1.54, 1.807) is 0 Å². The zero-order chi connectivity index (χ0) is 82.9. The van der Waals surface area contributed by atoms with Crippen LogP contribution in [0.1, 0.15) is 0 Å². The third-order valence-corrected chi connectivity index (χ3v) is 27.9. The molecule has 26 rings (SSSR count). The van der Waals surface area contributed by atoms with E-state index in [2.05, 4.69) is 408 Å². The quantitative estimate of drug-likeness (QED) is 0.121. The first-order chi connectivity index (χ1) is 62.4. The molecule has 0 amide bonds. The van der Waals surface area contributed by atoms with Gasteiger partial charge in [-0.2, -0.15) is 0 Å². The van der Waals surface area contributed by atoms with E-state index < -0.39 is 0 Å². The van der Waals surface area contributed by atoms with Crippen molar-refractivity contribution in [3.63, 3.8) is 0 Å². The number of thiophene rings is 3. The van der Waals surface area contributed by atoms with Gasteiger partial charge in [-0.25, -0.2) is 29.9 Å². The number of hydrogen-bond donors (Lipinski definition) is 0. The molecular weight excluding hydrogens is 1590 g/mol. The highest BCUT2D eigenvalue weighted by atomic mass is 32.1. The molecule has 0 atom stereocenters. The van der Waals surface area contributed by atoms with Crippen LogP contribution in [0.3, 0.4) is 0 Å². The first-order valence-corrected chi connectivity index (χ1v) is 44.7. The van der Waals surface area contributed by atoms with Crippen LogP contribution in [0, 0.1) is 0 Å². The van der Waals surface area contributed by atoms with E-state index >= 15 is 0 Å². The molecule has 126 heavy (non-hydrogen) atoms. The van der Waals surface area contributed by atoms with Crippen molar-refractivity contribution in [3.05, 3.63) is 419 Å². The third-order valence-electron chi connectivity index (χ3n) is 24.5. The van der Waals surface area contributed by atoms with E-state index in [4.69, 9.17) is 29.9 Å². The van der Waals surface area contributed by atoms with Gasteiger partial charge >= 0.3 is 0 Å². The molecule has 0 aliphatic carbocycles. The second-order valence-electron chi connectivity index (χ2n) is 31.9. The van der Waals surface area contributed by atoms with Crippen molar-refractivity contribution in [2.24, 2.45) is 0 Å². The highest BCUT2D eigenvalue weighted by molar-refractivity contribution is 7.27. The summed E-state index contributed by atoms with van der Waals surface area (Å²) in [7, 11) is 0. The Balaban J connectivity index is 0.000000137. The Labute approximate surface area is 735 Å². The fraction of sp³-hybridized carbons (Fsp3) is 0. The summed E-state index contributed by atoms with van der Waals surface area (Å²) in [6.45, 7) is 0. The second kappa shape index (κ2) is 30.0. The van der Waals surface area contributed by atoms with Gasteiger partial charge in [0.15, 0.2) is 17.5 Å². The van der Waals surface area contributed by atoms with Crippen molar-refractivity contribution in [2.45, 2.75) is 0 Å². The summed E-state index contributed by atoms with van der Waals surface area (Å²) in [6, 6.07) is 149. The van der Waals surface area contributed by atoms with Crippen molar-refractivity contribution in [1.29, 1.82) is 0 Å². The van der Waals surface area contributed by atoms with Crippen LogP contribution in [0.5, 0.6) is 0 Å². The number of fused-ring (bicyclic) bond motifs is 21. The lowest BCUT2D eigenvalue weighted by Gasteiger charge is -2.17. The predicted octanol–water partition coefficient (Wildman–Crippen LogP) is 31.1.